The number of benzene rings is 2. The lowest BCUT2D eigenvalue weighted by Crippen LogP contribution is -2.55. The molecule has 0 saturated carbocycles. The molecule has 0 radical (unpaired) electrons. The van der Waals surface area contributed by atoms with E-state index in [9.17, 15) is 20.4 Å². The van der Waals surface area contributed by atoms with Gasteiger partial charge in [-0.05, 0) is 35.7 Å². The van der Waals surface area contributed by atoms with Crippen molar-refractivity contribution in [2.75, 3.05) is 13.2 Å². The van der Waals surface area contributed by atoms with Gasteiger partial charge in [0.1, 0.15) is 36.3 Å². The summed E-state index contributed by atoms with van der Waals surface area (Å²) in [5.74, 6) is 0.777. The second-order valence-corrected chi connectivity index (χ2v) is 7.23. The van der Waals surface area contributed by atoms with Crippen LogP contribution >= 0.6 is 11.6 Å². The monoisotopic (exact) mass is 408 g/mol. The Hall–Kier alpha value is -1.67. The SMILES string of the molecule is CCOc1ccccc1Cc1cc([C@H]2O[C@H](CO)[C@@H](O)[C@H](O)[C@H]2O)ccc1Cl. The first kappa shape index (κ1) is 21.0. The molecule has 0 aliphatic carbocycles. The van der Waals surface area contributed by atoms with Crippen molar-refractivity contribution in [1.29, 1.82) is 0 Å². The lowest BCUT2D eigenvalue weighted by Gasteiger charge is -2.40. The average Bonchev–Trinajstić information content (AvgIpc) is 2.70. The maximum Gasteiger partial charge on any atom is 0.122 e. The molecular weight excluding hydrogens is 384 g/mol. The summed E-state index contributed by atoms with van der Waals surface area (Å²) in [6.45, 7) is 2.00. The second kappa shape index (κ2) is 9.22. The lowest BCUT2D eigenvalue weighted by molar-refractivity contribution is -0.231. The highest BCUT2D eigenvalue weighted by Crippen LogP contribution is 2.35. The minimum absolute atomic E-state index is 0.469. The average molecular weight is 409 g/mol. The number of aliphatic hydroxyl groups excluding tert-OH is 4. The summed E-state index contributed by atoms with van der Waals surface area (Å²) in [6, 6.07) is 12.9. The maximum atomic E-state index is 10.4. The van der Waals surface area contributed by atoms with Crippen LogP contribution in [0.2, 0.25) is 5.02 Å². The van der Waals surface area contributed by atoms with Crippen molar-refractivity contribution in [2.45, 2.75) is 43.9 Å². The van der Waals surface area contributed by atoms with Gasteiger partial charge < -0.3 is 29.9 Å². The molecule has 7 heteroatoms. The van der Waals surface area contributed by atoms with Gasteiger partial charge in [0, 0.05) is 11.4 Å². The van der Waals surface area contributed by atoms with Crippen molar-refractivity contribution >= 4 is 11.6 Å². The number of ether oxygens (including phenoxy) is 2. The summed E-state index contributed by atoms with van der Waals surface area (Å²) in [4.78, 5) is 0. The normalized spacial score (nSPS) is 27.6. The molecule has 1 heterocycles. The van der Waals surface area contributed by atoms with Gasteiger partial charge in [-0.25, -0.2) is 0 Å². The minimum Gasteiger partial charge on any atom is -0.494 e. The Morgan fingerprint density at radius 3 is 2.46 bits per heavy atom. The van der Waals surface area contributed by atoms with Crippen LogP contribution in [0, 0.1) is 0 Å². The van der Waals surface area contributed by atoms with Gasteiger partial charge in [-0.3, -0.25) is 0 Å². The smallest absolute Gasteiger partial charge is 0.122 e. The molecular formula is C21H25ClO6. The summed E-state index contributed by atoms with van der Waals surface area (Å²) in [5, 5.41) is 40.3. The summed E-state index contributed by atoms with van der Waals surface area (Å²) < 4.78 is 11.3. The van der Waals surface area contributed by atoms with E-state index in [2.05, 4.69) is 0 Å². The van der Waals surface area contributed by atoms with E-state index in [1.165, 1.54) is 0 Å². The Balaban J connectivity index is 1.89. The van der Waals surface area contributed by atoms with Crippen LogP contribution < -0.4 is 4.74 Å². The van der Waals surface area contributed by atoms with Crippen LogP contribution in [-0.4, -0.2) is 58.1 Å². The van der Waals surface area contributed by atoms with Crippen LogP contribution in [0.4, 0.5) is 0 Å². The summed E-state index contributed by atoms with van der Waals surface area (Å²) >= 11 is 6.39. The number of rotatable bonds is 6. The van der Waals surface area contributed by atoms with Crippen LogP contribution in [0.25, 0.3) is 0 Å². The third kappa shape index (κ3) is 4.33. The molecule has 152 valence electrons. The molecule has 5 atom stereocenters. The van der Waals surface area contributed by atoms with Crippen molar-refractivity contribution in [3.8, 4) is 5.75 Å². The molecule has 1 saturated heterocycles. The Labute approximate surface area is 168 Å². The predicted octanol–water partition coefficient (Wildman–Crippen LogP) is 1.84. The topological polar surface area (TPSA) is 99.4 Å². The van der Waals surface area contributed by atoms with Gasteiger partial charge in [-0.15, -0.1) is 0 Å². The highest BCUT2D eigenvalue weighted by Gasteiger charge is 2.44. The van der Waals surface area contributed by atoms with Crippen molar-refractivity contribution in [3.05, 3.63) is 64.2 Å². The molecule has 2 aromatic rings. The van der Waals surface area contributed by atoms with E-state index < -0.39 is 37.1 Å². The van der Waals surface area contributed by atoms with Crippen molar-refractivity contribution in [3.63, 3.8) is 0 Å². The zero-order valence-corrected chi connectivity index (χ0v) is 16.3. The quantitative estimate of drug-likeness (QED) is 0.582. The van der Waals surface area contributed by atoms with Crippen LogP contribution in [-0.2, 0) is 11.2 Å². The largest absolute Gasteiger partial charge is 0.494 e. The Kier molecular flexibility index (Phi) is 6.93. The molecule has 2 aromatic carbocycles. The third-order valence-electron chi connectivity index (χ3n) is 4.94. The van der Waals surface area contributed by atoms with E-state index in [4.69, 9.17) is 21.1 Å². The molecule has 0 spiro atoms. The molecule has 0 aromatic heterocycles. The van der Waals surface area contributed by atoms with Crippen LogP contribution in [0.15, 0.2) is 42.5 Å². The molecule has 6 nitrogen and oxygen atoms in total. The molecule has 4 N–H and O–H groups in total. The van der Waals surface area contributed by atoms with E-state index in [1.807, 2.05) is 31.2 Å². The van der Waals surface area contributed by atoms with Gasteiger partial charge in [0.25, 0.3) is 0 Å². The fourth-order valence-electron chi connectivity index (χ4n) is 3.44. The first-order chi connectivity index (χ1) is 13.5. The van der Waals surface area contributed by atoms with Crippen LogP contribution in [0.5, 0.6) is 5.75 Å². The first-order valence-corrected chi connectivity index (χ1v) is 9.63. The van der Waals surface area contributed by atoms with Gasteiger partial charge in [0.15, 0.2) is 0 Å². The first-order valence-electron chi connectivity index (χ1n) is 9.25. The molecule has 1 aliphatic heterocycles. The summed E-state index contributed by atoms with van der Waals surface area (Å²) in [7, 11) is 0. The van der Waals surface area contributed by atoms with Gasteiger partial charge in [0.05, 0.1) is 13.2 Å². The highest BCUT2D eigenvalue weighted by molar-refractivity contribution is 6.31. The minimum atomic E-state index is -1.42. The third-order valence-corrected chi connectivity index (χ3v) is 5.31. The zero-order valence-electron chi connectivity index (χ0n) is 15.5. The van der Waals surface area contributed by atoms with Gasteiger partial charge >= 0.3 is 0 Å². The Morgan fingerprint density at radius 2 is 1.75 bits per heavy atom. The van der Waals surface area contributed by atoms with Gasteiger partial charge in [-0.2, -0.15) is 0 Å². The van der Waals surface area contributed by atoms with E-state index in [1.54, 1.807) is 18.2 Å². The number of hydrogen-bond acceptors (Lipinski definition) is 6. The Bertz CT molecular complexity index is 796. The summed E-state index contributed by atoms with van der Waals surface area (Å²) in [6.07, 6.45) is -5.48. The Morgan fingerprint density at radius 1 is 1.00 bits per heavy atom. The maximum absolute atomic E-state index is 10.4. The number of hydrogen-bond donors (Lipinski definition) is 4. The van der Waals surface area contributed by atoms with E-state index in [0.717, 1.165) is 16.9 Å². The van der Waals surface area contributed by atoms with Crippen LogP contribution in [0.1, 0.15) is 29.7 Å². The summed E-state index contributed by atoms with van der Waals surface area (Å²) in [5.41, 5.74) is 2.38. The van der Waals surface area contributed by atoms with E-state index in [0.29, 0.717) is 23.6 Å². The lowest BCUT2D eigenvalue weighted by atomic mass is 9.90. The highest BCUT2D eigenvalue weighted by atomic mass is 35.5. The molecule has 0 bridgehead atoms. The molecule has 3 rings (SSSR count). The molecule has 0 amide bonds. The fraction of sp³-hybridized carbons (Fsp3) is 0.429. The van der Waals surface area contributed by atoms with Crippen molar-refractivity contribution in [1.82, 2.24) is 0 Å². The number of para-hydroxylation sites is 1. The van der Waals surface area contributed by atoms with E-state index in [-0.39, 0.29) is 0 Å². The van der Waals surface area contributed by atoms with E-state index >= 15 is 0 Å². The number of aliphatic hydroxyl groups is 4. The molecule has 1 aliphatic rings. The van der Waals surface area contributed by atoms with Gasteiger partial charge in [0.2, 0.25) is 0 Å². The molecule has 28 heavy (non-hydrogen) atoms. The predicted molar refractivity (Wildman–Crippen MR) is 105 cm³/mol. The number of halogens is 1. The standard InChI is InChI=1S/C21H25ClO6/c1-2-27-16-6-4-3-5-12(16)9-14-10-13(7-8-15(14)22)21-20(26)19(25)18(24)17(11-23)28-21/h3-8,10,17-21,23-26H,2,9,11H2,1H3/t17-,18-,19+,20-,21-/m1/s1. The molecule has 1 fully saturated rings. The molecule has 0 unspecified atom stereocenters. The van der Waals surface area contributed by atoms with Crippen molar-refractivity contribution in [2.24, 2.45) is 0 Å². The van der Waals surface area contributed by atoms with Crippen LogP contribution in [0.3, 0.4) is 0 Å². The fourth-order valence-corrected chi connectivity index (χ4v) is 3.62. The van der Waals surface area contributed by atoms with Crippen molar-refractivity contribution < 1.29 is 29.9 Å². The zero-order chi connectivity index (χ0) is 20.3. The second-order valence-electron chi connectivity index (χ2n) is 6.82. The van der Waals surface area contributed by atoms with Gasteiger partial charge in [-0.1, -0.05) is 41.9 Å².